The molecule has 0 amide bonds. The molecule has 1 radical (unpaired) electrons. The van der Waals surface area contributed by atoms with Crippen molar-refractivity contribution >= 4 is 44.8 Å². The summed E-state index contributed by atoms with van der Waals surface area (Å²) in [6.07, 6.45) is 5.21. The normalized spacial score (nSPS) is 11.8. The van der Waals surface area contributed by atoms with Crippen molar-refractivity contribution in [1.82, 2.24) is 9.97 Å². The van der Waals surface area contributed by atoms with Crippen LogP contribution in [0.25, 0.3) is 53.8 Å². The molecule has 0 N–H and O–H groups in total. The number of fused-ring (bicyclic) bond motifs is 3. The molecule has 0 atom stereocenters. The Balaban J connectivity index is 0.000000210. The van der Waals surface area contributed by atoms with Crippen molar-refractivity contribution in [3.05, 3.63) is 138 Å². The number of aryl methyl sites for hydroxylation is 2. The van der Waals surface area contributed by atoms with Crippen LogP contribution in [0.5, 0.6) is 0 Å². The molecular formula is C47H50IrN2SSi-2. The molecule has 0 aliphatic carbocycles. The molecule has 7 rings (SSSR count). The molecule has 0 saturated carbocycles. The third-order valence-corrected chi connectivity index (χ3v) is 12.6. The summed E-state index contributed by atoms with van der Waals surface area (Å²) in [5.74, 6) is 0.477. The van der Waals surface area contributed by atoms with E-state index in [9.17, 15) is 0 Å². The fraction of sp³-hybridized carbons (Fsp3) is 0.277. The van der Waals surface area contributed by atoms with E-state index in [1.807, 2.05) is 41.8 Å². The number of thiophene rings is 1. The first-order chi connectivity index (χ1) is 24.2. The Bertz CT molecular complexity index is 2290. The van der Waals surface area contributed by atoms with Crippen LogP contribution in [0.2, 0.25) is 19.6 Å². The van der Waals surface area contributed by atoms with E-state index >= 15 is 0 Å². The zero-order valence-corrected chi connectivity index (χ0v) is 36.4. The molecule has 0 aliphatic heterocycles. The van der Waals surface area contributed by atoms with Gasteiger partial charge in [0.2, 0.25) is 0 Å². The second-order valence-corrected chi connectivity index (χ2v) is 22.4. The standard InChI is InChI=1S/C28H24NS.C19H26NSi.Ir/c1-17(2)25-15-26(29-16-19(25)4)24-7-5-6-23-22-13-12-21(14-27(22)30-28(23)24)20-10-8-18(3)9-11-20;1-19(2,3)13-16-12-17(15-10-8-7-9-11-15)20-14-18(16)21(4,5)6;/h5-6,8-17H,1-4H3;7-10,12,14H,13H2,1-6H3;/q2*-1;. The molecule has 0 fully saturated rings. The zero-order chi connectivity index (χ0) is 36.5. The summed E-state index contributed by atoms with van der Waals surface area (Å²) < 4.78 is 2.57. The van der Waals surface area contributed by atoms with Crippen LogP contribution in [0.3, 0.4) is 0 Å². The minimum absolute atomic E-state index is 0. The van der Waals surface area contributed by atoms with Crippen LogP contribution in [0.1, 0.15) is 62.8 Å². The number of hydrogen-bond donors (Lipinski definition) is 0. The van der Waals surface area contributed by atoms with Gasteiger partial charge in [-0.3, -0.25) is 0 Å². The Morgan fingerprint density at radius 3 is 2.12 bits per heavy atom. The molecule has 0 unspecified atom stereocenters. The number of aromatic nitrogens is 2. The summed E-state index contributed by atoms with van der Waals surface area (Å²) in [6, 6.07) is 39.1. The number of pyridine rings is 2. The molecule has 0 bridgehead atoms. The van der Waals surface area contributed by atoms with E-state index in [0.717, 1.165) is 28.9 Å². The summed E-state index contributed by atoms with van der Waals surface area (Å²) in [5, 5.41) is 4.07. The average Bonchev–Trinajstić information content (AvgIpc) is 3.46. The van der Waals surface area contributed by atoms with Gasteiger partial charge < -0.3 is 9.97 Å². The van der Waals surface area contributed by atoms with Gasteiger partial charge in [-0.15, -0.1) is 59.7 Å². The molecule has 2 nitrogen and oxygen atoms in total. The van der Waals surface area contributed by atoms with Gasteiger partial charge in [-0.25, -0.2) is 0 Å². The second-order valence-electron chi connectivity index (χ2n) is 16.3. The molecule has 3 aromatic heterocycles. The quantitative estimate of drug-likeness (QED) is 0.123. The van der Waals surface area contributed by atoms with Gasteiger partial charge in [0.15, 0.2) is 0 Å². The van der Waals surface area contributed by atoms with Gasteiger partial charge in [0.05, 0.1) is 8.07 Å². The molecule has 0 spiro atoms. The molecule has 269 valence electrons. The predicted octanol–water partition coefficient (Wildman–Crippen LogP) is 13.0. The Morgan fingerprint density at radius 2 is 1.46 bits per heavy atom. The van der Waals surface area contributed by atoms with Crippen molar-refractivity contribution in [3.63, 3.8) is 0 Å². The van der Waals surface area contributed by atoms with Gasteiger partial charge >= 0.3 is 0 Å². The van der Waals surface area contributed by atoms with E-state index in [0.29, 0.717) is 5.92 Å². The Kier molecular flexibility index (Phi) is 12.2. The van der Waals surface area contributed by atoms with Crippen LogP contribution in [0.4, 0.5) is 0 Å². The van der Waals surface area contributed by atoms with Crippen LogP contribution in [0.15, 0.2) is 103 Å². The van der Waals surface area contributed by atoms with Crippen LogP contribution in [0, 0.1) is 31.4 Å². The van der Waals surface area contributed by atoms with Crippen molar-refractivity contribution in [1.29, 1.82) is 0 Å². The van der Waals surface area contributed by atoms with Gasteiger partial charge in [-0.1, -0.05) is 119 Å². The predicted molar refractivity (Wildman–Crippen MR) is 225 cm³/mol. The SMILES string of the molecule is CC(C)(C)Cc1cc(-c2[c-]cccc2)ncc1[Si](C)(C)C.Cc1ccc(-c2ccc3c(c2)sc2c(-c4cc(C(C)C)c(C)cn4)[c-]ccc23)cc1.[Ir]. The Morgan fingerprint density at radius 1 is 0.750 bits per heavy atom. The van der Waals surface area contributed by atoms with Crippen LogP contribution in [-0.4, -0.2) is 18.0 Å². The first-order valence-electron chi connectivity index (χ1n) is 18.1. The fourth-order valence-electron chi connectivity index (χ4n) is 6.75. The van der Waals surface area contributed by atoms with E-state index < -0.39 is 8.07 Å². The van der Waals surface area contributed by atoms with Crippen molar-refractivity contribution in [3.8, 4) is 33.6 Å². The van der Waals surface area contributed by atoms with Crippen LogP contribution >= 0.6 is 11.3 Å². The topological polar surface area (TPSA) is 25.8 Å². The van der Waals surface area contributed by atoms with Gasteiger partial charge in [-0.05, 0) is 86.6 Å². The molecule has 52 heavy (non-hydrogen) atoms. The molecule has 5 heteroatoms. The maximum absolute atomic E-state index is 4.76. The van der Waals surface area contributed by atoms with E-state index in [1.54, 1.807) is 0 Å². The Hall–Kier alpha value is -3.73. The first kappa shape index (κ1) is 39.5. The maximum atomic E-state index is 4.76. The number of hydrogen-bond acceptors (Lipinski definition) is 3. The first-order valence-corrected chi connectivity index (χ1v) is 22.4. The summed E-state index contributed by atoms with van der Waals surface area (Å²) >= 11 is 1.84. The monoisotopic (exact) mass is 895 g/mol. The minimum atomic E-state index is -1.37. The van der Waals surface area contributed by atoms with E-state index in [1.165, 1.54) is 58.7 Å². The number of rotatable bonds is 6. The van der Waals surface area contributed by atoms with Gasteiger partial charge in [0, 0.05) is 37.2 Å². The summed E-state index contributed by atoms with van der Waals surface area (Å²) in [6.45, 7) is 22.8. The zero-order valence-electron chi connectivity index (χ0n) is 32.2. The third kappa shape index (κ3) is 9.06. The number of benzene rings is 4. The number of nitrogens with zero attached hydrogens (tertiary/aromatic N) is 2. The Labute approximate surface area is 330 Å². The van der Waals surface area contributed by atoms with Gasteiger partial charge in [-0.2, -0.15) is 11.3 Å². The third-order valence-electron chi connectivity index (χ3n) is 9.34. The summed E-state index contributed by atoms with van der Waals surface area (Å²) in [5.41, 5.74) is 12.4. The second kappa shape index (κ2) is 16.1. The summed E-state index contributed by atoms with van der Waals surface area (Å²) in [7, 11) is -1.37. The van der Waals surface area contributed by atoms with Crippen molar-refractivity contribution in [2.24, 2.45) is 5.41 Å². The molecule has 3 heterocycles. The fourth-order valence-corrected chi connectivity index (χ4v) is 9.57. The summed E-state index contributed by atoms with van der Waals surface area (Å²) in [4.78, 5) is 9.47. The molecule has 4 aromatic carbocycles. The smallest absolute Gasteiger partial charge is 0.0798 e. The molecule has 0 aliphatic rings. The minimum Gasteiger partial charge on any atom is -0.305 e. The van der Waals surface area contributed by atoms with E-state index in [4.69, 9.17) is 9.97 Å². The van der Waals surface area contributed by atoms with E-state index in [-0.39, 0.29) is 25.5 Å². The van der Waals surface area contributed by atoms with Gasteiger partial charge in [0.1, 0.15) is 0 Å². The van der Waals surface area contributed by atoms with Crippen LogP contribution < -0.4 is 5.19 Å². The van der Waals surface area contributed by atoms with Crippen molar-refractivity contribution in [2.75, 3.05) is 0 Å². The molecular weight excluding hydrogens is 845 g/mol. The van der Waals surface area contributed by atoms with Crippen molar-refractivity contribution in [2.45, 2.75) is 80.4 Å². The van der Waals surface area contributed by atoms with Crippen LogP contribution in [-0.2, 0) is 26.5 Å². The van der Waals surface area contributed by atoms with E-state index in [2.05, 4.69) is 153 Å². The molecule has 0 saturated heterocycles. The van der Waals surface area contributed by atoms with Gasteiger partial charge in [0.25, 0.3) is 0 Å². The maximum Gasteiger partial charge on any atom is 0.0798 e. The van der Waals surface area contributed by atoms with Crippen molar-refractivity contribution < 1.29 is 20.1 Å². The average molecular weight is 895 g/mol. The molecule has 7 aromatic rings. The largest absolute Gasteiger partial charge is 0.305 e.